The van der Waals surface area contributed by atoms with E-state index in [1.165, 1.54) is 0 Å². The van der Waals surface area contributed by atoms with Crippen LogP contribution in [0.2, 0.25) is 0 Å². The van der Waals surface area contributed by atoms with Gasteiger partial charge in [0, 0.05) is 12.0 Å². The lowest BCUT2D eigenvalue weighted by Crippen LogP contribution is -2.29. The maximum Gasteiger partial charge on any atom is 0.235 e. The molecule has 0 aromatic carbocycles. The molecule has 0 spiro atoms. The van der Waals surface area contributed by atoms with Crippen molar-refractivity contribution in [3.05, 3.63) is 12.0 Å². The van der Waals surface area contributed by atoms with Crippen LogP contribution >= 0.6 is 0 Å². The first-order valence-corrected chi connectivity index (χ1v) is 4.85. The van der Waals surface area contributed by atoms with Crippen molar-refractivity contribution < 1.29 is 13.2 Å². The highest BCUT2D eigenvalue weighted by Gasteiger charge is 2.10. The van der Waals surface area contributed by atoms with Crippen molar-refractivity contribution in [1.82, 2.24) is 5.32 Å². The number of carbonyl (C=O) groups excluding carboxylic acids is 1. The topological polar surface area (TPSA) is 63.2 Å². The molecule has 0 aliphatic rings. The molecule has 0 aliphatic carbocycles. The molecule has 0 rings (SSSR count). The third kappa shape index (κ3) is 4.55. The summed E-state index contributed by atoms with van der Waals surface area (Å²) in [5.41, 5.74) is 0. The summed E-state index contributed by atoms with van der Waals surface area (Å²) in [5.74, 6) is -1.00. The molecule has 1 amide bonds. The lowest BCUT2D eigenvalue weighted by atomic mass is 10.6. The minimum absolute atomic E-state index is 0.436. The van der Waals surface area contributed by atoms with Gasteiger partial charge in [0.2, 0.25) is 5.91 Å². The SMILES string of the molecule is C=CS(=O)(=O)CC(=O)NCC. The van der Waals surface area contributed by atoms with Gasteiger partial charge in [0.05, 0.1) is 0 Å². The van der Waals surface area contributed by atoms with Crippen molar-refractivity contribution in [2.75, 3.05) is 12.3 Å². The van der Waals surface area contributed by atoms with Crippen molar-refractivity contribution in [2.24, 2.45) is 0 Å². The normalized spacial score (nSPS) is 10.6. The third-order valence-corrected chi connectivity index (χ3v) is 2.13. The third-order valence-electron chi connectivity index (χ3n) is 0.960. The van der Waals surface area contributed by atoms with Crippen LogP contribution in [0.5, 0.6) is 0 Å². The molecule has 0 atom stereocenters. The van der Waals surface area contributed by atoms with Crippen LogP contribution in [-0.2, 0) is 14.6 Å². The summed E-state index contributed by atoms with van der Waals surface area (Å²) in [7, 11) is -3.39. The van der Waals surface area contributed by atoms with Gasteiger partial charge in [-0.15, -0.1) is 0 Å². The first-order chi connectivity index (χ1) is 5.02. The number of rotatable bonds is 4. The smallest absolute Gasteiger partial charge is 0.235 e. The van der Waals surface area contributed by atoms with Gasteiger partial charge in [0.15, 0.2) is 9.84 Å². The van der Waals surface area contributed by atoms with Crippen LogP contribution in [0.15, 0.2) is 12.0 Å². The van der Waals surface area contributed by atoms with E-state index in [0.29, 0.717) is 6.54 Å². The molecule has 0 fully saturated rings. The van der Waals surface area contributed by atoms with Gasteiger partial charge in [-0.2, -0.15) is 0 Å². The number of carbonyl (C=O) groups is 1. The van der Waals surface area contributed by atoms with Gasteiger partial charge in [-0.05, 0) is 6.92 Å². The zero-order chi connectivity index (χ0) is 8.91. The van der Waals surface area contributed by atoms with Gasteiger partial charge >= 0.3 is 0 Å². The largest absolute Gasteiger partial charge is 0.355 e. The molecule has 5 heteroatoms. The Morgan fingerprint density at radius 3 is 2.55 bits per heavy atom. The van der Waals surface area contributed by atoms with E-state index in [1.807, 2.05) is 0 Å². The Bertz CT molecular complexity index is 243. The number of nitrogens with one attached hydrogen (secondary N) is 1. The van der Waals surface area contributed by atoms with E-state index in [0.717, 1.165) is 5.41 Å². The van der Waals surface area contributed by atoms with E-state index in [9.17, 15) is 13.2 Å². The molecule has 0 aromatic rings. The molecule has 11 heavy (non-hydrogen) atoms. The standard InChI is InChI=1S/C6H11NO3S/c1-3-7-6(8)5-11(9,10)4-2/h4H,2-3,5H2,1H3,(H,7,8). The first-order valence-electron chi connectivity index (χ1n) is 3.13. The Labute approximate surface area is 66.2 Å². The van der Waals surface area contributed by atoms with Crippen LogP contribution in [0.3, 0.4) is 0 Å². The molecule has 0 bridgehead atoms. The molecule has 64 valence electrons. The Balaban J connectivity index is 4.05. The Morgan fingerprint density at radius 2 is 2.18 bits per heavy atom. The van der Waals surface area contributed by atoms with Crippen molar-refractivity contribution in [3.8, 4) is 0 Å². The summed E-state index contributed by atoms with van der Waals surface area (Å²) >= 11 is 0. The van der Waals surface area contributed by atoms with Gasteiger partial charge < -0.3 is 5.32 Å². The Morgan fingerprint density at radius 1 is 1.64 bits per heavy atom. The number of hydrogen-bond donors (Lipinski definition) is 1. The fourth-order valence-electron chi connectivity index (χ4n) is 0.490. The average Bonchev–Trinajstić information content (AvgIpc) is 1.87. The zero-order valence-corrected chi connectivity index (χ0v) is 7.15. The second kappa shape index (κ2) is 4.12. The Hall–Kier alpha value is -0.840. The number of sulfone groups is 1. The van der Waals surface area contributed by atoms with Crippen molar-refractivity contribution in [1.29, 1.82) is 0 Å². The highest BCUT2D eigenvalue weighted by Crippen LogP contribution is 1.88. The molecule has 0 aliphatic heterocycles. The average molecular weight is 177 g/mol. The molecular formula is C6H11NO3S. The van der Waals surface area contributed by atoms with Crippen LogP contribution < -0.4 is 5.32 Å². The summed E-state index contributed by atoms with van der Waals surface area (Å²) in [6.07, 6.45) is 0. The van der Waals surface area contributed by atoms with Crippen LogP contribution in [0.1, 0.15) is 6.92 Å². The molecular weight excluding hydrogens is 166 g/mol. The summed E-state index contributed by atoms with van der Waals surface area (Å²) in [6.45, 7) is 5.23. The quantitative estimate of drug-likeness (QED) is 0.640. The minimum atomic E-state index is -3.39. The van der Waals surface area contributed by atoms with Gasteiger partial charge in [0.1, 0.15) is 5.75 Å². The van der Waals surface area contributed by atoms with Gasteiger partial charge in [-0.1, -0.05) is 6.58 Å². The molecule has 1 N–H and O–H groups in total. The van der Waals surface area contributed by atoms with Crippen LogP contribution in [0.25, 0.3) is 0 Å². The fraction of sp³-hybridized carbons (Fsp3) is 0.500. The molecule has 0 radical (unpaired) electrons. The maximum absolute atomic E-state index is 10.7. The Kier molecular flexibility index (Phi) is 3.81. The van der Waals surface area contributed by atoms with E-state index < -0.39 is 21.5 Å². The highest BCUT2D eigenvalue weighted by atomic mass is 32.2. The summed E-state index contributed by atoms with van der Waals surface area (Å²) in [6, 6.07) is 0. The van der Waals surface area contributed by atoms with E-state index >= 15 is 0 Å². The molecule has 0 aromatic heterocycles. The van der Waals surface area contributed by atoms with Crippen LogP contribution in [0.4, 0.5) is 0 Å². The van der Waals surface area contributed by atoms with E-state index in [1.54, 1.807) is 6.92 Å². The lowest BCUT2D eigenvalue weighted by Gasteiger charge is -1.98. The zero-order valence-electron chi connectivity index (χ0n) is 6.33. The van der Waals surface area contributed by atoms with Gasteiger partial charge in [-0.25, -0.2) is 8.42 Å². The van der Waals surface area contributed by atoms with Crippen LogP contribution in [0, 0.1) is 0 Å². The lowest BCUT2D eigenvalue weighted by molar-refractivity contribution is -0.118. The summed E-state index contributed by atoms with van der Waals surface area (Å²) in [4.78, 5) is 10.7. The van der Waals surface area contributed by atoms with E-state index in [2.05, 4.69) is 11.9 Å². The summed E-state index contributed by atoms with van der Waals surface area (Å²) in [5, 5.41) is 3.15. The fourth-order valence-corrected chi connectivity index (χ4v) is 1.08. The van der Waals surface area contributed by atoms with E-state index in [-0.39, 0.29) is 0 Å². The molecule has 0 saturated carbocycles. The molecule has 0 unspecified atom stereocenters. The molecule has 4 nitrogen and oxygen atoms in total. The van der Waals surface area contributed by atoms with E-state index in [4.69, 9.17) is 0 Å². The monoisotopic (exact) mass is 177 g/mol. The molecule has 0 saturated heterocycles. The maximum atomic E-state index is 10.7. The van der Waals surface area contributed by atoms with Crippen molar-refractivity contribution >= 4 is 15.7 Å². The molecule has 0 heterocycles. The van der Waals surface area contributed by atoms with Crippen molar-refractivity contribution in [2.45, 2.75) is 6.92 Å². The predicted octanol–water partition coefficient (Wildman–Crippen LogP) is -0.319. The summed E-state index contributed by atoms with van der Waals surface area (Å²) < 4.78 is 21.4. The highest BCUT2D eigenvalue weighted by molar-refractivity contribution is 7.94. The van der Waals surface area contributed by atoms with Gasteiger partial charge in [0.25, 0.3) is 0 Å². The number of amides is 1. The minimum Gasteiger partial charge on any atom is -0.355 e. The van der Waals surface area contributed by atoms with Gasteiger partial charge in [-0.3, -0.25) is 4.79 Å². The van der Waals surface area contributed by atoms with Crippen molar-refractivity contribution in [3.63, 3.8) is 0 Å². The first kappa shape index (κ1) is 10.2. The predicted molar refractivity (Wildman–Crippen MR) is 42.7 cm³/mol. The van der Waals surface area contributed by atoms with Crippen LogP contribution in [-0.4, -0.2) is 26.6 Å². The second-order valence-corrected chi connectivity index (χ2v) is 3.88. The number of hydrogen-bond acceptors (Lipinski definition) is 3. The second-order valence-electron chi connectivity index (χ2n) is 1.93.